The molecule has 0 aliphatic carbocycles. The van der Waals surface area contributed by atoms with Gasteiger partial charge in [0, 0.05) is 6.54 Å². The van der Waals surface area contributed by atoms with Gasteiger partial charge in [0.2, 0.25) is 5.91 Å². The summed E-state index contributed by atoms with van der Waals surface area (Å²) in [4.78, 5) is 14.8. The van der Waals surface area contributed by atoms with Crippen LogP contribution < -0.4 is 10.1 Å². The summed E-state index contributed by atoms with van der Waals surface area (Å²) in [6.07, 6.45) is -0.0100. The Morgan fingerprint density at radius 1 is 1.09 bits per heavy atom. The standard InChI is InChI=1S/C24H27F3N2O3/c25-24(26,27)32-20-11-8-19(9-12-20)16-23(31)28-21(17-29-14-4-5-15-29)22(30)13-10-18-6-2-1-3-7-18/h1-3,6-13,21-22,30H,4-5,14-17H2,(H,28,31)/b13-10+/t21-,22-/m1/s1. The number of likely N-dealkylation sites (tertiary alicyclic amines) is 1. The summed E-state index contributed by atoms with van der Waals surface area (Å²) in [5.41, 5.74) is 1.49. The summed E-state index contributed by atoms with van der Waals surface area (Å²) in [5.74, 6) is -0.652. The molecule has 0 unspecified atom stereocenters. The molecule has 2 N–H and O–H groups in total. The Hall–Kier alpha value is -2.84. The zero-order chi connectivity index (χ0) is 23.0. The fourth-order valence-corrected chi connectivity index (χ4v) is 3.64. The summed E-state index contributed by atoms with van der Waals surface area (Å²) >= 11 is 0. The quantitative estimate of drug-likeness (QED) is 0.613. The van der Waals surface area contributed by atoms with Crippen molar-refractivity contribution in [2.45, 2.75) is 37.8 Å². The molecular formula is C24H27F3N2O3. The van der Waals surface area contributed by atoms with E-state index in [9.17, 15) is 23.1 Å². The molecule has 0 spiro atoms. The van der Waals surface area contributed by atoms with Crippen molar-refractivity contribution in [3.8, 4) is 5.75 Å². The molecule has 0 bridgehead atoms. The maximum Gasteiger partial charge on any atom is 0.573 e. The van der Waals surface area contributed by atoms with Gasteiger partial charge in [0.05, 0.1) is 18.6 Å². The van der Waals surface area contributed by atoms with E-state index in [1.54, 1.807) is 6.08 Å². The third kappa shape index (κ3) is 8.01. The van der Waals surface area contributed by atoms with Crippen molar-refractivity contribution in [3.05, 3.63) is 71.8 Å². The number of ether oxygens (including phenoxy) is 1. The lowest BCUT2D eigenvalue weighted by atomic mass is 10.1. The van der Waals surface area contributed by atoms with E-state index < -0.39 is 18.5 Å². The maximum absolute atomic E-state index is 12.6. The predicted octanol–water partition coefficient (Wildman–Crippen LogP) is 3.78. The van der Waals surface area contributed by atoms with Crippen molar-refractivity contribution in [2.24, 2.45) is 0 Å². The molecule has 1 heterocycles. The Bertz CT molecular complexity index is 880. The first kappa shape index (κ1) is 23.8. The molecule has 2 atom stereocenters. The van der Waals surface area contributed by atoms with E-state index in [0.717, 1.165) is 31.5 Å². The smallest absolute Gasteiger partial charge is 0.406 e. The lowest BCUT2D eigenvalue weighted by Gasteiger charge is -2.27. The largest absolute Gasteiger partial charge is 0.573 e. The molecule has 0 aromatic heterocycles. The van der Waals surface area contributed by atoms with Crippen LogP contribution in [0.2, 0.25) is 0 Å². The van der Waals surface area contributed by atoms with Gasteiger partial charge in [0.1, 0.15) is 5.75 Å². The molecular weight excluding hydrogens is 421 g/mol. The van der Waals surface area contributed by atoms with Crippen LogP contribution in [0.1, 0.15) is 24.0 Å². The van der Waals surface area contributed by atoms with Gasteiger partial charge in [-0.1, -0.05) is 54.6 Å². The van der Waals surface area contributed by atoms with Crippen LogP contribution in [0.5, 0.6) is 5.75 Å². The van der Waals surface area contributed by atoms with Crippen LogP contribution in [0.4, 0.5) is 13.2 Å². The van der Waals surface area contributed by atoms with Crippen molar-refractivity contribution in [3.63, 3.8) is 0 Å². The minimum absolute atomic E-state index is 0.0160. The Kier molecular flexibility index (Phi) is 8.30. The number of nitrogens with zero attached hydrogens (tertiary/aromatic N) is 1. The highest BCUT2D eigenvalue weighted by Gasteiger charge is 2.31. The van der Waals surface area contributed by atoms with Gasteiger partial charge in [-0.3, -0.25) is 4.79 Å². The molecule has 5 nitrogen and oxygen atoms in total. The number of halogens is 3. The molecule has 2 aromatic carbocycles. The zero-order valence-corrected chi connectivity index (χ0v) is 17.6. The van der Waals surface area contributed by atoms with E-state index in [2.05, 4.69) is 15.0 Å². The SMILES string of the molecule is O=C(Cc1ccc(OC(F)(F)F)cc1)N[C@H](CN1CCCC1)[C@H](O)/C=C/c1ccccc1. The highest BCUT2D eigenvalue weighted by molar-refractivity contribution is 5.79. The number of hydrogen-bond donors (Lipinski definition) is 2. The number of nitrogens with one attached hydrogen (secondary N) is 1. The van der Waals surface area contributed by atoms with Gasteiger partial charge in [0.25, 0.3) is 0 Å². The summed E-state index contributed by atoms with van der Waals surface area (Å²) in [5, 5.41) is 13.6. The Balaban J connectivity index is 1.61. The van der Waals surface area contributed by atoms with Crippen LogP contribution >= 0.6 is 0 Å². The molecule has 1 amide bonds. The number of aliphatic hydroxyl groups is 1. The van der Waals surface area contributed by atoms with Crippen molar-refractivity contribution in [1.82, 2.24) is 10.2 Å². The van der Waals surface area contributed by atoms with E-state index in [4.69, 9.17) is 0 Å². The van der Waals surface area contributed by atoms with Crippen molar-refractivity contribution in [1.29, 1.82) is 0 Å². The molecule has 3 rings (SSSR count). The zero-order valence-electron chi connectivity index (χ0n) is 17.6. The minimum Gasteiger partial charge on any atom is -0.406 e. The maximum atomic E-state index is 12.6. The Morgan fingerprint density at radius 3 is 2.38 bits per heavy atom. The molecule has 172 valence electrons. The number of aliphatic hydroxyl groups excluding tert-OH is 1. The van der Waals surface area contributed by atoms with Gasteiger partial charge < -0.3 is 20.1 Å². The molecule has 1 saturated heterocycles. The van der Waals surface area contributed by atoms with Gasteiger partial charge in [-0.2, -0.15) is 0 Å². The molecule has 8 heteroatoms. The van der Waals surface area contributed by atoms with Gasteiger partial charge in [0.15, 0.2) is 0 Å². The highest BCUT2D eigenvalue weighted by Crippen LogP contribution is 2.23. The van der Waals surface area contributed by atoms with E-state index in [1.165, 1.54) is 24.3 Å². The molecule has 0 saturated carbocycles. The van der Waals surface area contributed by atoms with Gasteiger partial charge in [-0.25, -0.2) is 0 Å². The number of benzene rings is 2. The first-order chi connectivity index (χ1) is 15.3. The number of rotatable bonds is 9. The van der Waals surface area contributed by atoms with Crippen LogP contribution in [0.3, 0.4) is 0 Å². The van der Waals surface area contributed by atoms with Crippen LogP contribution in [0.15, 0.2) is 60.7 Å². The summed E-state index contributed by atoms with van der Waals surface area (Å²) in [6, 6.07) is 14.2. The van der Waals surface area contributed by atoms with Gasteiger partial charge in [-0.05, 0) is 49.2 Å². The second kappa shape index (κ2) is 11.2. The minimum atomic E-state index is -4.76. The third-order valence-electron chi connectivity index (χ3n) is 5.22. The summed E-state index contributed by atoms with van der Waals surface area (Å²) < 4.78 is 40.7. The van der Waals surface area contributed by atoms with Gasteiger partial charge >= 0.3 is 6.36 Å². The fraction of sp³-hybridized carbons (Fsp3) is 0.375. The average molecular weight is 448 g/mol. The van der Waals surface area contributed by atoms with Crippen LogP contribution in [0.25, 0.3) is 6.08 Å². The predicted molar refractivity (Wildman–Crippen MR) is 116 cm³/mol. The van der Waals surface area contributed by atoms with Crippen molar-refractivity contribution in [2.75, 3.05) is 19.6 Å². The highest BCUT2D eigenvalue weighted by atomic mass is 19.4. The lowest BCUT2D eigenvalue weighted by Crippen LogP contribution is -2.49. The molecule has 0 radical (unpaired) electrons. The first-order valence-electron chi connectivity index (χ1n) is 10.6. The monoisotopic (exact) mass is 448 g/mol. The summed E-state index contributed by atoms with van der Waals surface area (Å²) in [7, 11) is 0. The van der Waals surface area contributed by atoms with E-state index >= 15 is 0 Å². The number of carbonyl (C=O) groups is 1. The number of alkyl halides is 3. The van der Waals surface area contributed by atoms with Crippen LogP contribution in [-0.4, -0.2) is 54.1 Å². The second-order valence-corrected chi connectivity index (χ2v) is 7.81. The van der Waals surface area contributed by atoms with E-state index in [-0.39, 0.29) is 18.1 Å². The third-order valence-corrected chi connectivity index (χ3v) is 5.22. The molecule has 1 aliphatic heterocycles. The lowest BCUT2D eigenvalue weighted by molar-refractivity contribution is -0.274. The normalized spacial score (nSPS) is 16.8. The summed E-state index contributed by atoms with van der Waals surface area (Å²) in [6.45, 7) is 2.36. The fourth-order valence-electron chi connectivity index (χ4n) is 3.64. The van der Waals surface area contributed by atoms with Crippen LogP contribution in [-0.2, 0) is 11.2 Å². The Morgan fingerprint density at radius 2 is 1.75 bits per heavy atom. The van der Waals surface area contributed by atoms with Crippen molar-refractivity contribution < 1.29 is 27.8 Å². The molecule has 2 aromatic rings. The van der Waals surface area contributed by atoms with E-state index in [1.807, 2.05) is 36.4 Å². The average Bonchev–Trinajstić information content (AvgIpc) is 3.26. The second-order valence-electron chi connectivity index (χ2n) is 7.81. The number of carbonyl (C=O) groups excluding carboxylic acids is 1. The van der Waals surface area contributed by atoms with Gasteiger partial charge in [-0.15, -0.1) is 13.2 Å². The Labute approximate surface area is 185 Å². The van der Waals surface area contributed by atoms with Crippen LogP contribution in [0, 0.1) is 0 Å². The first-order valence-corrected chi connectivity index (χ1v) is 10.6. The molecule has 32 heavy (non-hydrogen) atoms. The van der Waals surface area contributed by atoms with Crippen molar-refractivity contribution >= 4 is 12.0 Å². The number of amides is 1. The number of hydrogen-bond acceptors (Lipinski definition) is 4. The molecule has 1 aliphatic rings. The topological polar surface area (TPSA) is 61.8 Å². The van der Waals surface area contributed by atoms with E-state index in [0.29, 0.717) is 12.1 Å². The molecule has 1 fully saturated rings.